The molecule has 2 rings (SSSR count). The van der Waals surface area contributed by atoms with E-state index >= 15 is 0 Å². The van der Waals surface area contributed by atoms with E-state index in [9.17, 15) is 0 Å². The van der Waals surface area contributed by atoms with Crippen LogP contribution in [0.2, 0.25) is 0 Å². The van der Waals surface area contributed by atoms with Crippen molar-refractivity contribution in [2.45, 2.75) is 19.8 Å². The first-order chi connectivity index (χ1) is 5.34. The summed E-state index contributed by atoms with van der Waals surface area (Å²) in [7, 11) is 0. The molecule has 1 aliphatic rings. The average Bonchev–Trinajstić information content (AvgIpc) is 2.72. The fourth-order valence-corrected chi connectivity index (χ4v) is 1.28. The number of aryl methyl sites for hydroxylation is 1. The molecule has 0 aliphatic heterocycles. The van der Waals surface area contributed by atoms with Crippen LogP contribution in [-0.2, 0) is 0 Å². The second kappa shape index (κ2) is 2.63. The van der Waals surface area contributed by atoms with Crippen LogP contribution in [-0.4, -0.2) is 9.36 Å². The minimum atomic E-state index is 0.652. The first kappa shape index (κ1) is 6.81. The van der Waals surface area contributed by atoms with Gasteiger partial charge in [0, 0.05) is 5.92 Å². The smallest absolute Gasteiger partial charge is 0.186 e. The van der Waals surface area contributed by atoms with Gasteiger partial charge < -0.3 is 0 Å². The Bertz CT molecular complexity index is 314. The summed E-state index contributed by atoms with van der Waals surface area (Å²) < 4.78 is 4.04. The lowest BCUT2D eigenvalue weighted by Gasteiger charge is -1.73. The molecule has 1 saturated carbocycles. The molecule has 1 heterocycles. The van der Waals surface area contributed by atoms with Gasteiger partial charge in [-0.05, 0) is 37.2 Å². The molecule has 1 fully saturated rings. The molecule has 1 aliphatic carbocycles. The molecule has 0 radical (unpaired) electrons. The highest BCUT2D eigenvalue weighted by atomic mass is 32.1. The van der Waals surface area contributed by atoms with Gasteiger partial charge in [0.05, 0.1) is 0 Å². The molecule has 56 valence electrons. The van der Waals surface area contributed by atoms with Crippen molar-refractivity contribution < 1.29 is 0 Å². The van der Waals surface area contributed by atoms with E-state index in [0.29, 0.717) is 5.92 Å². The summed E-state index contributed by atoms with van der Waals surface area (Å²) in [4.78, 5) is 4.14. The molecule has 2 nitrogen and oxygen atoms in total. The Kier molecular flexibility index (Phi) is 1.63. The second-order valence-corrected chi connectivity index (χ2v) is 3.44. The van der Waals surface area contributed by atoms with E-state index in [1.807, 2.05) is 6.92 Å². The Balaban J connectivity index is 2.12. The molecule has 0 amide bonds. The molecule has 0 aromatic carbocycles. The number of hydrogen-bond donors (Lipinski definition) is 0. The number of nitrogens with zero attached hydrogens (tertiary/aromatic N) is 2. The monoisotopic (exact) mass is 164 g/mol. The number of hydrogen-bond acceptors (Lipinski definition) is 3. The van der Waals surface area contributed by atoms with Crippen LogP contribution in [0.4, 0.5) is 0 Å². The summed E-state index contributed by atoms with van der Waals surface area (Å²) in [5.74, 6) is 7.65. The lowest BCUT2D eigenvalue weighted by molar-refractivity contribution is 1.15. The summed E-state index contributed by atoms with van der Waals surface area (Å²) in [5.41, 5.74) is 0. The van der Waals surface area contributed by atoms with Crippen LogP contribution in [0.3, 0.4) is 0 Å². The van der Waals surface area contributed by atoms with Gasteiger partial charge in [-0.3, -0.25) is 0 Å². The third kappa shape index (κ3) is 1.78. The minimum Gasteiger partial charge on any atom is -0.211 e. The Hall–Kier alpha value is -0.880. The Morgan fingerprint density at radius 2 is 2.36 bits per heavy atom. The number of rotatable bonds is 0. The van der Waals surface area contributed by atoms with Gasteiger partial charge in [-0.15, -0.1) is 0 Å². The van der Waals surface area contributed by atoms with Crippen molar-refractivity contribution in [1.82, 2.24) is 9.36 Å². The van der Waals surface area contributed by atoms with E-state index in [0.717, 1.165) is 10.8 Å². The molecule has 11 heavy (non-hydrogen) atoms. The Labute approximate surface area is 69.8 Å². The predicted octanol–water partition coefficient (Wildman–Crippen LogP) is 1.61. The highest BCUT2D eigenvalue weighted by molar-refractivity contribution is 7.06. The van der Waals surface area contributed by atoms with Gasteiger partial charge in [0.2, 0.25) is 0 Å². The van der Waals surface area contributed by atoms with E-state index in [-0.39, 0.29) is 0 Å². The van der Waals surface area contributed by atoms with Crippen molar-refractivity contribution in [3.63, 3.8) is 0 Å². The van der Waals surface area contributed by atoms with E-state index in [4.69, 9.17) is 0 Å². The zero-order valence-corrected chi connectivity index (χ0v) is 7.11. The largest absolute Gasteiger partial charge is 0.211 e. The summed E-state index contributed by atoms with van der Waals surface area (Å²) in [6, 6.07) is 0. The Morgan fingerprint density at radius 3 is 2.91 bits per heavy atom. The molecule has 0 atom stereocenters. The third-order valence-corrected chi connectivity index (χ3v) is 2.21. The van der Waals surface area contributed by atoms with Crippen LogP contribution >= 0.6 is 11.5 Å². The quantitative estimate of drug-likeness (QED) is 0.544. The SMILES string of the molecule is Cc1nsc(C#CC2CC2)n1. The lowest BCUT2D eigenvalue weighted by Crippen LogP contribution is -1.73. The Morgan fingerprint density at radius 1 is 1.55 bits per heavy atom. The normalized spacial score (nSPS) is 15.7. The second-order valence-electron chi connectivity index (χ2n) is 2.69. The van der Waals surface area contributed by atoms with Gasteiger partial charge in [0.15, 0.2) is 5.01 Å². The molecule has 0 N–H and O–H groups in total. The highest BCUT2D eigenvalue weighted by Crippen LogP contribution is 2.27. The fraction of sp³-hybridized carbons (Fsp3) is 0.500. The average molecular weight is 164 g/mol. The van der Waals surface area contributed by atoms with Crippen LogP contribution in [0.25, 0.3) is 0 Å². The molecule has 0 saturated heterocycles. The highest BCUT2D eigenvalue weighted by Gasteiger charge is 2.17. The molecule has 1 aromatic heterocycles. The summed E-state index contributed by atoms with van der Waals surface area (Å²) in [5, 5.41) is 0.856. The van der Waals surface area contributed by atoms with Gasteiger partial charge in [-0.2, -0.15) is 4.37 Å². The lowest BCUT2D eigenvalue weighted by atomic mass is 10.4. The van der Waals surface area contributed by atoms with Crippen LogP contribution < -0.4 is 0 Å². The van der Waals surface area contributed by atoms with Crippen molar-refractivity contribution in [3.05, 3.63) is 10.8 Å². The van der Waals surface area contributed by atoms with Gasteiger partial charge in [-0.1, -0.05) is 5.92 Å². The molecule has 3 heteroatoms. The molecule has 1 aromatic rings. The maximum atomic E-state index is 4.14. The van der Waals surface area contributed by atoms with Crippen LogP contribution in [0.1, 0.15) is 23.7 Å². The van der Waals surface area contributed by atoms with Gasteiger partial charge in [0.1, 0.15) is 5.82 Å². The number of aromatic nitrogens is 2. The first-order valence-corrected chi connectivity index (χ1v) is 4.44. The van der Waals surface area contributed by atoms with Gasteiger partial charge in [-0.25, -0.2) is 4.98 Å². The summed E-state index contributed by atoms with van der Waals surface area (Å²) in [6.07, 6.45) is 2.54. The van der Waals surface area contributed by atoms with Crippen molar-refractivity contribution in [2.24, 2.45) is 5.92 Å². The standard InChI is InChI=1S/C8H8N2S/c1-6-9-8(11-10-6)5-4-7-2-3-7/h7H,2-3H2,1H3. The maximum absolute atomic E-state index is 4.14. The topological polar surface area (TPSA) is 25.8 Å². The van der Waals surface area contributed by atoms with E-state index < -0.39 is 0 Å². The molecular formula is C8H8N2S. The van der Waals surface area contributed by atoms with Crippen LogP contribution in [0.15, 0.2) is 0 Å². The van der Waals surface area contributed by atoms with Crippen LogP contribution in [0, 0.1) is 24.7 Å². The molecule has 0 unspecified atom stereocenters. The van der Waals surface area contributed by atoms with Crippen molar-refractivity contribution >= 4 is 11.5 Å². The van der Waals surface area contributed by atoms with Crippen molar-refractivity contribution in [3.8, 4) is 11.8 Å². The van der Waals surface area contributed by atoms with Crippen molar-refractivity contribution in [2.75, 3.05) is 0 Å². The molecule has 0 spiro atoms. The maximum Gasteiger partial charge on any atom is 0.186 e. The van der Waals surface area contributed by atoms with E-state index in [1.165, 1.54) is 24.4 Å². The van der Waals surface area contributed by atoms with Gasteiger partial charge in [0.25, 0.3) is 0 Å². The summed E-state index contributed by atoms with van der Waals surface area (Å²) >= 11 is 1.38. The first-order valence-electron chi connectivity index (χ1n) is 3.66. The molecule has 0 bridgehead atoms. The zero-order valence-electron chi connectivity index (χ0n) is 6.29. The van der Waals surface area contributed by atoms with Gasteiger partial charge >= 0.3 is 0 Å². The minimum absolute atomic E-state index is 0.652. The van der Waals surface area contributed by atoms with Crippen LogP contribution in [0.5, 0.6) is 0 Å². The van der Waals surface area contributed by atoms with Crippen molar-refractivity contribution in [1.29, 1.82) is 0 Å². The fourth-order valence-electron chi connectivity index (χ4n) is 0.739. The summed E-state index contributed by atoms with van der Waals surface area (Å²) in [6.45, 7) is 1.89. The third-order valence-electron chi connectivity index (χ3n) is 1.49. The van der Waals surface area contributed by atoms with E-state index in [1.54, 1.807) is 0 Å². The van der Waals surface area contributed by atoms with E-state index in [2.05, 4.69) is 21.2 Å². The predicted molar refractivity (Wildman–Crippen MR) is 44.2 cm³/mol. The molecular weight excluding hydrogens is 156 g/mol. The zero-order chi connectivity index (χ0) is 7.68.